The first kappa shape index (κ1) is 22.5. The van der Waals surface area contributed by atoms with E-state index in [2.05, 4.69) is 5.32 Å². The molecule has 128 valence electrons. The summed E-state index contributed by atoms with van der Waals surface area (Å²) in [6.45, 7) is 6.64. The fourth-order valence-corrected chi connectivity index (χ4v) is 1.38. The van der Waals surface area contributed by atoms with Crippen LogP contribution in [-0.4, -0.2) is 42.7 Å². The van der Waals surface area contributed by atoms with Crippen LogP contribution in [0.5, 0.6) is 0 Å². The quantitative estimate of drug-likeness (QED) is 0.436. The second-order valence-corrected chi connectivity index (χ2v) is 4.18. The number of carbonyl (C=O) groups excluding carboxylic acids is 4. The largest absolute Gasteiger partial charge is 0.333 e. The summed E-state index contributed by atoms with van der Waals surface area (Å²) >= 11 is 0. The molecule has 1 saturated heterocycles. The molecule has 1 N–H and O–H groups in total. The van der Waals surface area contributed by atoms with Crippen LogP contribution in [0.2, 0.25) is 0 Å². The number of imide groups is 1. The highest BCUT2D eigenvalue weighted by Gasteiger charge is 2.32. The Labute approximate surface area is 132 Å². The van der Waals surface area contributed by atoms with Crippen molar-refractivity contribution in [3.63, 3.8) is 0 Å². The molecule has 1 rings (SSSR count). The minimum absolute atomic E-state index is 0.131. The SMILES string of the molecule is CC.CCC=O.CNCCCCC(=O)ON1C(=O)CCC1=O. The number of nitrogens with one attached hydrogen (secondary N) is 1. The molecular weight excluding hydrogens is 288 g/mol. The molecule has 0 unspecified atom stereocenters. The number of amides is 2. The van der Waals surface area contributed by atoms with E-state index in [0.717, 1.165) is 19.3 Å². The third-order valence-electron chi connectivity index (χ3n) is 2.42. The summed E-state index contributed by atoms with van der Waals surface area (Å²) in [5, 5.41) is 3.54. The lowest BCUT2D eigenvalue weighted by Gasteiger charge is -2.12. The molecule has 0 saturated carbocycles. The molecule has 0 bridgehead atoms. The Morgan fingerprint density at radius 3 is 2.14 bits per heavy atom. The van der Waals surface area contributed by atoms with Gasteiger partial charge in [0, 0.05) is 25.7 Å². The zero-order valence-electron chi connectivity index (χ0n) is 14.0. The summed E-state index contributed by atoms with van der Waals surface area (Å²) in [7, 11) is 1.83. The molecule has 0 aromatic heterocycles. The highest BCUT2D eigenvalue weighted by molar-refractivity contribution is 6.01. The van der Waals surface area contributed by atoms with Gasteiger partial charge in [-0.25, -0.2) is 4.79 Å². The fourth-order valence-electron chi connectivity index (χ4n) is 1.38. The predicted molar refractivity (Wildman–Crippen MR) is 82.7 cm³/mol. The van der Waals surface area contributed by atoms with Gasteiger partial charge in [-0.05, 0) is 26.4 Å². The molecule has 2 amide bonds. The molecule has 0 atom stereocenters. The lowest BCUT2D eigenvalue weighted by Crippen LogP contribution is -2.32. The van der Waals surface area contributed by atoms with Gasteiger partial charge < -0.3 is 14.9 Å². The number of unbranched alkanes of at least 4 members (excludes halogenated alkanes) is 1. The van der Waals surface area contributed by atoms with Crippen molar-refractivity contribution < 1.29 is 24.0 Å². The molecule has 22 heavy (non-hydrogen) atoms. The second-order valence-electron chi connectivity index (χ2n) is 4.18. The monoisotopic (exact) mass is 316 g/mol. The lowest BCUT2D eigenvalue weighted by atomic mass is 10.2. The molecule has 0 aromatic carbocycles. The van der Waals surface area contributed by atoms with Crippen molar-refractivity contribution in [2.45, 2.75) is 59.3 Å². The van der Waals surface area contributed by atoms with Crippen LogP contribution in [0.15, 0.2) is 0 Å². The molecule has 1 aliphatic rings. The molecule has 7 nitrogen and oxygen atoms in total. The van der Waals surface area contributed by atoms with Gasteiger partial charge in [0.05, 0.1) is 0 Å². The van der Waals surface area contributed by atoms with Crippen LogP contribution >= 0.6 is 0 Å². The molecule has 7 heteroatoms. The van der Waals surface area contributed by atoms with Crippen LogP contribution in [-0.2, 0) is 24.0 Å². The number of hydrogen-bond acceptors (Lipinski definition) is 6. The van der Waals surface area contributed by atoms with Gasteiger partial charge in [0.25, 0.3) is 11.8 Å². The molecule has 0 radical (unpaired) electrons. The summed E-state index contributed by atoms with van der Waals surface area (Å²) < 4.78 is 0. The molecule has 1 heterocycles. The van der Waals surface area contributed by atoms with Gasteiger partial charge in [-0.2, -0.15) is 0 Å². The van der Waals surface area contributed by atoms with E-state index >= 15 is 0 Å². The summed E-state index contributed by atoms with van der Waals surface area (Å²) in [6.07, 6.45) is 3.53. The van der Waals surface area contributed by atoms with Crippen LogP contribution in [0.3, 0.4) is 0 Å². The van der Waals surface area contributed by atoms with Crippen LogP contribution in [0.4, 0.5) is 0 Å². The first-order valence-corrected chi connectivity index (χ1v) is 7.71. The number of carbonyl (C=O) groups is 4. The Morgan fingerprint density at radius 2 is 1.73 bits per heavy atom. The molecule has 1 aliphatic heterocycles. The highest BCUT2D eigenvalue weighted by Crippen LogP contribution is 2.13. The number of aldehydes is 1. The van der Waals surface area contributed by atoms with Crippen molar-refractivity contribution in [2.24, 2.45) is 0 Å². The Balaban J connectivity index is 0. The van der Waals surface area contributed by atoms with Crippen molar-refractivity contribution in [1.82, 2.24) is 10.4 Å². The number of rotatable bonds is 7. The third kappa shape index (κ3) is 11.0. The first-order chi connectivity index (χ1) is 10.6. The third-order valence-corrected chi connectivity index (χ3v) is 2.42. The maximum atomic E-state index is 11.3. The van der Waals surface area contributed by atoms with E-state index in [1.807, 2.05) is 27.8 Å². The predicted octanol–water partition coefficient (Wildman–Crippen LogP) is 1.60. The zero-order chi connectivity index (χ0) is 17.4. The van der Waals surface area contributed by atoms with Gasteiger partial charge in [-0.1, -0.05) is 20.8 Å². The molecule has 0 spiro atoms. The zero-order valence-corrected chi connectivity index (χ0v) is 14.0. The standard InChI is InChI=1S/C10H16N2O4.C3H6O.C2H6/c1-11-7-3-2-4-10(15)16-12-8(13)5-6-9(12)14;1-2-3-4;1-2/h11H,2-7H2,1H3;3H,2H2,1H3;1-2H3. The summed E-state index contributed by atoms with van der Waals surface area (Å²) in [5.41, 5.74) is 0. The number of nitrogens with zero attached hydrogens (tertiary/aromatic N) is 1. The van der Waals surface area contributed by atoms with Gasteiger partial charge in [0.2, 0.25) is 0 Å². The number of hydroxylamine groups is 2. The average Bonchev–Trinajstić information content (AvgIpc) is 2.85. The van der Waals surface area contributed by atoms with Gasteiger partial charge in [0.1, 0.15) is 6.29 Å². The van der Waals surface area contributed by atoms with Crippen LogP contribution in [0, 0.1) is 0 Å². The van der Waals surface area contributed by atoms with E-state index in [0.29, 0.717) is 17.9 Å². The molecule has 0 aliphatic carbocycles. The van der Waals surface area contributed by atoms with E-state index in [9.17, 15) is 19.2 Å². The lowest BCUT2D eigenvalue weighted by molar-refractivity contribution is -0.197. The fraction of sp³-hybridized carbons (Fsp3) is 0.733. The van der Waals surface area contributed by atoms with Crippen molar-refractivity contribution in [2.75, 3.05) is 13.6 Å². The van der Waals surface area contributed by atoms with E-state index in [-0.39, 0.29) is 19.3 Å². The summed E-state index contributed by atoms with van der Waals surface area (Å²) in [5.74, 6) is -1.40. The topological polar surface area (TPSA) is 92.8 Å². The highest BCUT2D eigenvalue weighted by atomic mass is 16.7. The smallest absolute Gasteiger partial charge is 0.330 e. The Bertz CT molecular complexity index is 329. The van der Waals surface area contributed by atoms with Crippen molar-refractivity contribution >= 4 is 24.1 Å². The first-order valence-electron chi connectivity index (χ1n) is 7.71. The molecular formula is C15H28N2O5. The second kappa shape index (κ2) is 15.6. The Morgan fingerprint density at radius 1 is 1.23 bits per heavy atom. The minimum Gasteiger partial charge on any atom is -0.330 e. The maximum absolute atomic E-state index is 11.3. The van der Waals surface area contributed by atoms with Gasteiger partial charge >= 0.3 is 5.97 Å². The van der Waals surface area contributed by atoms with Crippen LogP contribution in [0.25, 0.3) is 0 Å². The van der Waals surface area contributed by atoms with Gasteiger partial charge in [-0.3, -0.25) is 9.59 Å². The maximum Gasteiger partial charge on any atom is 0.333 e. The van der Waals surface area contributed by atoms with Crippen LogP contribution < -0.4 is 5.32 Å². The Kier molecular flexibility index (Phi) is 16.0. The average molecular weight is 316 g/mol. The van der Waals surface area contributed by atoms with Gasteiger partial charge in [0.15, 0.2) is 0 Å². The van der Waals surface area contributed by atoms with E-state index < -0.39 is 17.8 Å². The summed E-state index contributed by atoms with van der Waals surface area (Å²) in [4.78, 5) is 47.4. The van der Waals surface area contributed by atoms with E-state index in [4.69, 9.17) is 4.84 Å². The normalized spacial score (nSPS) is 12.8. The van der Waals surface area contributed by atoms with Crippen LogP contribution in [0.1, 0.15) is 59.3 Å². The molecule has 0 aromatic rings. The Hall–Kier alpha value is -1.76. The van der Waals surface area contributed by atoms with Crippen molar-refractivity contribution in [3.8, 4) is 0 Å². The minimum atomic E-state index is -0.528. The van der Waals surface area contributed by atoms with E-state index in [1.54, 1.807) is 0 Å². The molecule has 1 fully saturated rings. The van der Waals surface area contributed by atoms with Crippen molar-refractivity contribution in [3.05, 3.63) is 0 Å². The van der Waals surface area contributed by atoms with E-state index in [1.165, 1.54) is 0 Å². The number of hydrogen-bond donors (Lipinski definition) is 1. The van der Waals surface area contributed by atoms with Crippen molar-refractivity contribution in [1.29, 1.82) is 0 Å². The summed E-state index contributed by atoms with van der Waals surface area (Å²) in [6, 6.07) is 0. The van der Waals surface area contributed by atoms with Gasteiger partial charge in [-0.15, -0.1) is 5.06 Å².